The zero-order valence-electron chi connectivity index (χ0n) is 17.5. The van der Waals surface area contributed by atoms with Crippen LogP contribution in [-0.4, -0.2) is 57.8 Å². The molecule has 8 nitrogen and oxygen atoms in total. The van der Waals surface area contributed by atoms with Crippen molar-refractivity contribution in [2.45, 2.75) is 13.0 Å². The molecule has 158 valence electrons. The molecule has 0 N–H and O–H groups in total. The van der Waals surface area contributed by atoms with Gasteiger partial charge in [-0.15, -0.1) is 0 Å². The number of hydrogen-bond donors (Lipinski definition) is 0. The second-order valence-electron chi connectivity index (χ2n) is 7.77. The van der Waals surface area contributed by atoms with Gasteiger partial charge in [-0.25, -0.2) is 9.97 Å². The fourth-order valence-electron chi connectivity index (χ4n) is 3.71. The van der Waals surface area contributed by atoms with Crippen LogP contribution in [0.15, 0.2) is 54.6 Å². The van der Waals surface area contributed by atoms with Crippen LogP contribution in [0.25, 0.3) is 22.6 Å². The van der Waals surface area contributed by atoms with Gasteiger partial charge in [-0.1, -0.05) is 42.5 Å². The Bertz CT molecular complexity index is 1130. The van der Waals surface area contributed by atoms with Crippen LogP contribution >= 0.6 is 0 Å². The van der Waals surface area contributed by atoms with E-state index in [0.29, 0.717) is 41.4 Å². The Hall–Kier alpha value is -3.65. The second kappa shape index (κ2) is 8.61. The summed E-state index contributed by atoms with van der Waals surface area (Å²) >= 11 is 0. The minimum Gasteiger partial charge on any atom is -0.333 e. The zero-order valence-corrected chi connectivity index (χ0v) is 17.5. The van der Waals surface area contributed by atoms with Gasteiger partial charge in [-0.05, 0) is 27.1 Å². The smallest absolute Gasteiger partial charge is 0.270 e. The van der Waals surface area contributed by atoms with Crippen LogP contribution in [0.1, 0.15) is 22.5 Å². The highest BCUT2D eigenvalue weighted by Crippen LogP contribution is 2.34. The Labute approximate surface area is 180 Å². The second-order valence-corrected chi connectivity index (χ2v) is 7.77. The average Bonchev–Trinajstić information content (AvgIpc) is 3.09. The quantitative estimate of drug-likeness (QED) is 0.431. The fraction of sp³-hybridized carbons (Fsp3) is 0.261. The highest BCUT2D eigenvalue weighted by atomic mass is 16.6. The lowest BCUT2D eigenvalue weighted by atomic mass is 10.0. The van der Waals surface area contributed by atoms with Crippen LogP contribution in [0.2, 0.25) is 0 Å². The largest absolute Gasteiger partial charge is 0.333 e. The molecule has 4 rings (SSSR count). The Kier molecular flexibility index (Phi) is 5.73. The molecule has 0 fully saturated rings. The van der Waals surface area contributed by atoms with Crippen LogP contribution in [0.3, 0.4) is 0 Å². The van der Waals surface area contributed by atoms with Gasteiger partial charge in [0, 0.05) is 29.8 Å². The van der Waals surface area contributed by atoms with E-state index in [2.05, 4.69) is 9.88 Å². The number of non-ortho nitro benzene ring substituents is 1. The van der Waals surface area contributed by atoms with E-state index in [1.807, 2.05) is 44.4 Å². The van der Waals surface area contributed by atoms with E-state index >= 15 is 0 Å². The summed E-state index contributed by atoms with van der Waals surface area (Å²) < 4.78 is 0. The van der Waals surface area contributed by atoms with Gasteiger partial charge in [-0.3, -0.25) is 14.9 Å². The van der Waals surface area contributed by atoms with E-state index in [0.717, 1.165) is 18.5 Å². The van der Waals surface area contributed by atoms with E-state index in [-0.39, 0.29) is 11.6 Å². The maximum Gasteiger partial charge on any atom is 0.270 e. The van der Waals surface area contributed by atoms with Crippen molar-refractivity contribution < 1.29 is 9.72 Å². The van der Waals surface area contributed by atoms with Crippen molar-refractivity contribution in [1.29, 1.82) is 0 Å². The zero-order chi connectivity index (χ0) is 22.0. The summed E-state index contributed by atoms with van der Waals surface area (Å²) in [5, 5.41) is 11.3. The van der Waals surface area contributed by atoms with E-state index in [9.17, 15) is 14.9 Å². The molecule has 1 aromatic heterocycles. The highest BCUT2D eigenvalue weighted by molar-refractivity contribution is 6.03. The van der Waals surface area contributed by atoms with E-state index in [1.54, 1.807) is 17.0 Å². The molecule has 1 aliphatic heterocycles. The normalized spacial score (nSPS) is 13.0. The number of benzene rings is 2. The molecule has 0 radical (unpaired) electrons. The minimum absolute atomic E-state index is 0.0422. The van der Waals surface area contributed by atoms with Gasteiger partial charge < -0.3 is 9.80 Å². The molecule has 0 saturated heterocycles. The standard InChI is InChI=1S/C23H23N5O3/c1-26(2)12-7-13-27-15-19-20(23(27)29)21(17-10-6-11-18(14-17)28(30)31)25-22(24-19)16-8-4-3-5-9-16/h3-6,8-11,14H,7,12-13,15H2,1-2H3. The van der Waals surface area contributed by atoms with Gasteiger partial charge in [-0.2, -0.15) is 0 Å². The third-order valence-corrected chi connectivity index (χ3v) is 5.22. The molecule has 8 heteroatoms. The molecule has 0 bridgehead atoms. The number of nitrogens with zero attached hydrogens (tertiary/aromatic N) is 5. The van der Waals surface area contributed by atoms with Gasteiger partial charge in [0.05, 0.1) is 28.4 Å². The SMILES string of the molecule is CN(C)CCCN1Cc2nc(-c3ccccc3)nc(-c3cccc([N+](=O)[O-])c3)c2C1=O. The van der Waals surface area contributed by atoms with Crippen molar-refractivity contribution in [3.8, 4) is 22.6 Å². The van der Waals surface area contributed by atoms with Crippen molar-refractivity contribution in [1.82, 2.24) is 19.8 Å². The molecular formula is C23H23N5O3. The number of nitro groups is 1. The molecule has 0 spiro atoms. The van der Waals surface area contributed by atoms with Crippen LogP contribution in [0.5, 0.6) is 0 Å². The maximum atomic E-state index is 13.2. The average molecular weight is 417 g/mol. The Balaban J connectivity index is 1.79. The number of carbonyl (C=O) groups is 1. The number of fused-ring (bicyclic) bond motifs is 1. The number of amides is 1. The lowest BCUT2D eigenvalue weighted by Crippen LogP contribution is -2.27. The highest BCUT2D eigenvalue weighted by Gasteiger charge is 2.33. The molecule has 0 atom stereocenters. The molecule has 2 heterocycles. The minimum atomic E-state index is -0.446. The van der Waals surface area contributed by atoms with Gasteiger partial charge in [0.15, 0.2) is 5.82 Å². The lowest BCUT2D eigenvalue weighted by molar-refractivity contribution is -0.384. The predicted octanol–water partition coefficient (Wildman–Crippen LogP) is 3.63. The third-order valence-electron chi connectivity index (χ3n) is 5.22. The summed E-state index contributed by atoms with van der Waals surface area (Å²) in [6.07, 6.45) is 0.845. The Morgan fingerprint density at radius 3 is 2.52 bits per heavy atom. The Morgan fingerprint density at radius 2 is 1.81 bits per heavy atom. The first kappa shape index (κ1) is 20.6. The van der Waals surface area contributed by atoms with Crippen molar-refractivity contribution >= 4 is 11.6 Å². The molecule has 1 amide bonds. The van der Waals surface area contributed by atoms with Crippen LogP contribution < -0.4 is 0 Å². The summed E-state index contributed by atoms with van der Waals surface area (Å²) in [6, 6.07) is 15.8. The topological polar surface area (TPSA) is 92.5 Å². The summed E-state index contributed by atoms with van der Waals surface area (Å²) in [5.74, 6) is 0.374. The number of carbonyl (C=O) groups excluding carboxylic acids is 1. The molecule has 0 aliphatic carbocycles. The number of aromatic nitrogens is 2. The van der Waals surface area contributed by atoms with Crippen molar-refractivity contribution in [3.05, 3.63) is 76.0 Å². The monoisotopic (exact) mass is 417 g/mol. The third kappa shape index (κ3) is 4.29. The first-order valence-electron chi connectivity index (χ1n) is 10.1. The molecule has 1 aliphatic rings. The molecular weight excluding hydrogens is 394 g/mol. The molecule has 0 unspecified atom stereocenters. The van der Waals surface area contributed by atoms with E-state index < -0.39 is 4.92 Å². The van der Waals surface area contributed by atoms with Crippen LogP contribution in [0, 0.1) is 10.1 Å². The predicted molar refractivity (Wildman–Crippen MR) is 117 cm³/mol. The molecule has 0 saturated carbocycles. The summed E-state index contributed by atoms with van der Waals surface area (Å²) in [4.78, 5) is 37.3. The van der Waals surface area contributed by atoms with Crippen molar-refractivity contribution in [2.24, 2.45) is 0 Å². The van der Waals surface area contributed by atoms with Gasteiger partial charge in [0.1, 0.15) is 0 Å². The summed E-state index contributed by atoms with van der Waals surface area (Å²) in [5.41, 5.74) is 2.85. The first-order chi connectivity index (χ1) is 14.9. The summed E-state index contributed by atoms with van der Waals surface area (Å²) in [7, 11) is 4.00. The maximum absolute atomic E-state index is 13.2. The molecule has 31 heavy (non-hydrogen) atoms. The Morgan fingerprint density at radius 1 is 1.06 bits per heavy atom. The molecule has 3 aromatic rings. The first-order valence-corrected chi connectivity index (χ1v) is 10.1. The van der Waals surface area contributed by atoms with Gasteiger partial charge >= 0.3 is 0 Å². The van der Waals surface area contributed by atoms with Crippen LogP contribution in [0.4, 0.5) is 5.69 Å². The molecule has 2 aromatic carbocycles. The van der Waals surface area contributed by atoms with Gasteiger partial charge in [0.25, 0.3) is 11.6 Å². The number of rotatable bonds is 7. The number of hydrogen-bond acceptors (Lipinski definition) is 6. The van der Waals surface area contributed by atoms with E-state index in [4.69, 9.17) is 4.98 Å². The fourth-order valence-corrected chi connectivity index (χ4v) is 3.71. The van der Waals surface area contributed by atoms with Crippen molar-refractivity contribution in [2.75, 3.05) is 27.2 Å². The van der Waals surface area contributed by atoms with Gasteiger partial charge in [0.2, 0.25) is 0 Å². The van der Waals surface area contributed by atoms with Crippen LogP contribution in [-0.2, 0) is 6.54 Å². The van der Waals surface area contributed by atoms with E-state index in [1.165, 1.54) is 12.1 Å². The summed E-state index contributed by atoms with van der Waals surface area (Å²) in [6.45, 7) is 1.90. The number of nitro benzene ring substituents is 1. The van der Waals surface area contributed by atoms with Crippen molar-refractivity contribution in [3.63, 3.8) is 0 Å². The lowest BCUT2D eigenvalue weighted by Gasteiger charge is -2.17.